The number of carbonyl (C=O) groups is 1. The van der Waals surface area contributed by atoms with Gasteiger partial charge in [-0.05, 0) is 24.1 Å². The minimum absolute atomic E-state index is 0.0531. The normalized spacial score (nSPS) is 13.4. The third-order valence-corrected chi connectivity index (χ3v) is 2.66. The van der Waals surface area contributed by atoms with E-state index in [1.54, 1.807) is 13.8 Å². The smallest absolute Gasteiger partial charge is 0.397 e. The van der Waals surface area contributed by atoms with Crippen molar-refractivity contribution in [1.82, 2.24) is 0 Å². The van der Waals surface area contributed by atoms with E-state index in [1.165, 1.54) is 0 Å². The zero-order chi connectivity index (χ0) is 14.8. The van der Waals surface area contributed by atoms with E-state index in [2.05, 4.69) is 5.32 Å². The van der Waals surface area contributed by atoms with Gasteiger partial charge in [-0.3, -0.25) is 4.79 Å². The molecule has 0 heterocycles. The summed E-state index contributed by atoms with van der Waals surface area (Å²) in [7, 11) is 0. The molecular weight excluding hydrogens is 259 g/mol. The highest BCUT2D eigenvalue weighted by Gasteiger charge is 2.31. The molecule has 1 aromatic carbocycles. The number of anilines is 2. The lowest BCUT2D eigenvalue weighted by atomic mass is 10.0. The Labute approximate surface area is 109 Å². The van der Waals surface area contributed by atoms with Gasteiger partial charge in [0.25, 0.3) is 0 Å². The highest BCUT2D eigenvalue weighted by atomic mass is 19.4. The second-order valence-electron chi connectivity index (χ2n) is 4.56. The molecule has 0 spiro atoms. The lowest BCUT2D eigenvalue weighted by molar-refractivity contribution is -0.137. The van der Waals surface area contributed by atoms with E-state index in [9.17, 15) is 18.0 Å². The predicted octanol–water partition coefficient (Wildman–Crippen LogP) is 2.21. The molecule has 1 rings (SSSR count). The van der Waals surface area contributed by atoms with Gasteiger partial charge < -0.3 is 16.8 Å². The number of hydrogen-bond donors (Lipinski definition) is 3. The van der Waals surface area contributed by atoms with Crippen molar-refractivity contribution in [3.8, 4) is 0 Å². The number of halogens is 3. The summed E-state index contributed by atoms with van der Waals surface area (Å²) in [6.07, 6.45) is -4.49. The highest BCUT2D eigenvalue weighted by Crippen LogP contribution is 2.33. The molecular formula is C12H16F3N3O. The molecule has 0 fully saturated rings. The van der Waals surface area contributed by atoms with Crippen LogP contribution in [0.5, 0.6) is 0 Å². The maximum absolute atomic E-state index is 12.5. The number of nitrogens with one attached hydrogen (secondary N) is 1. The highest BCUT2D eigenvalue weighted by molar-refractivity contribution is 5.97. The summed E-state index contributed by atoms with van der Waals surface area (Å²) >= 11 is 0. The van der Waals surface area contributed by atoms with Crippen molar-refractivity contribution in [2.75, 3.05) is 11.1 Å². The van der Waals surface area contributed by atoms with Crippen LogP contribution in [0.4, 0.5) is 24.5 Å². The Kier molecular flexibility index (Phi) is 4.41. The van der Waals surface area contributed by atoms with Crippen LogP contribution in [0.25, 0.3) is 0 Å². The maximum atomic E-state index is 12.5. The monoisotopic (exact) mass is 275 g/mol. The fourth-order valence-corrected chi connectivity index (χ4v) is 1.36. The van der Waals surface area contributed by atoms with Crippen LogP contribution in [-0.4, -0.2) is 11.9 Å². The Hall–Kier alpha value is -1.76. The Balaban J connectivity index is 2.98. The van der Waals surface area contributed by atoms with Crippen molar-refractivity contribution in [1.29, 1.82) is 0 Å². The standard InChI is InChI=1S/C12H16F3N3O/c1-6(2)10(17)11(19)18-9-5-7(12(13,14)15)3-4-8(9)16/h3-6,10H,16-17H2,1-2H3,(H,18,19). The number of alkyl halides is 3. The van der Waals surface area contributed by atoms with Crippen molar-refractivity contribution in [3.63, 3.8) is 0 Å². The van der Waals surface area contributed by atoms with E-state index in [4.69, 9.17) is 11.5 Å². The van der Waals surface area contributed by atoms with E-state index in [1.807, 2.05) is 0 Å². The molecule has 1 unspecified atom stereocenters. The van der Waals surface area contributed by atoms with Crippen molar-refractivity contribution in [3.05, 3.63) is 23.8 Å². The zero-order valence-corrected chi connectivity index (χ0v) is 10.6. The summed E-state index contributed by atoms with van der Waals surface area (Å²) in [6.45, 7) is 3.47. The van der Waals surface area contributed by atoms with Gasteiger partial charge in [0.1, 0.15) is 0 Å². The topological polar surface area (TPSA) is 81.1 Å². The SMILES string of the molecule is CC(C)C(N)C(=O)Nc1cc(C(F)(F)F)ccc1N. The Morgan fingerprint density at radius 3 is 2.37 bits per heavy atom. The first-order valence-corrected chi connectivity index (χ1v) is 5.66. The lowest BCUT2D eigenvalue weighted by Gasteiger charge is -2.17. The summed E-state index contributed by atoms with van der Waals surface area (Å²) in [5.74, 6) is -0.701. The van der Waals surface area contributed by atoms with Crippen LogP contribution in [0.1, 0.15) is 19.4 Å². The molecule has 0 saturated heterocycles. The number of carbonyl (C=O) groups excluding carboxylic acids is 1. The van der Waals surface area contributed by atoms with Crippen LogP contribution in [0.3, 0.4) is 0 Å². The molecule has 19 heavy (non-hydrogen) atoms. The number of rotatable bonds is 3. The molecule has 4 nitrogen and oxygen atoms in total. The summed E-state index contributed by atoms with van der Waals surface area (Å²) < 4.78 is 37.6. The van der Waals surface area contributed by atoms with Crippen LogP contribution >= 0.6 is 0 Å². The molecule has 0 radical (unpaired) electrons. The average Bonchev–Trinajstić information content (AvgIpc) is 2.29. The average molecular weight is 275 g/mol. The first-order chi connectivity index (χ1) is 8.62. The van der Waals surface area contributed by atoms with E-state index < -0.39 is 23.7 Å². The van der Waals surface area contributed by atoms with Crippen molar-refractivity contribution < 1.29 is 18.0 Å². The number of amides is 1. The maximum Gasteiger partial charge on any atom is 0.416 e. The third kappa shape index (κ3) is 3.85. The Morgan fingerprint density at radius 2 is 1.89 bits per heavy atom. The number of nitrogens with two attached hydrogens (primary N) is 2. The van der Waals surface area contributed by atoms with Crippen LogP contribution in [0.15, 0.2) is 18.2 Å². The number of hydrogen-bond acceptors (Lipinski definition) is 3. The summed E-state index contributed by atoms with van der Waals surface area (Å²) in [5.41, 5.74) is 10.2. The lowest BCUT2D eigenvalue weighted by Crippen LogP contribution is -2.39. The summed E-state index contributed by atoms with van der Waals surface area (Å²) in [4.78, 5) is 11.7. The molecule has 1 amide bonds. The first kappa shape index (κ1) is 15.3. The van der Waals surface area contributed by atoms with Crippen LogP contribution in [0.2, 0.25) is 0 Å². The molecule has 7 heteroatoms. The van der Waals surface area contributed by atoms with E-state index in [-0.39, 0.29) is 17.3 Å². The van der Waals surface area contributed by atoms with Gasteiger partial charge in [0.15, 0.2) is 0 Å². The summed E-state index contributed by atoms with van der Waals surface area (Å²) in [6, 6.07) is 1.93. The van der Waals surface area contributed by atoms with Gasteiger partial charge >= 0.3 is 6.18 Å². The fraction of sp³-hybridized carbons (Fsp3) is 0.417. The van der Waals surface area contributed by atoms with Crippen molar-refractivity contribution in [2.45, 2.75) is 26.1 Å². The zero-order valence-electron chi connectivity index (χ0n) is 10.6. The van der Waals surface area contributed by atoms with E-state index in [0.717, 1.165) is 18.2 Å². The van der Waals surface area contributed by atoms with Crippen LogP contribution < -0.4 is 16.8 Å². The molecule has 0 aliphatic rings. The second-order valence-corrected chi connectivity index (χ2v) is 4.56. The largest absolute Gasteiger partial charge is 0.416 e. The van der Waals surface area contributed by atoms with Crippen molar-refractivity contribution >= 4 is 17.3 Å². The predicted molar refractivity (Wildman–Crippen MR) is 67.3 cm³/mol. The third-order valence-electron chi connectivity index (χ3n) is 2.66. The van der Waals surface area contributed by atoms with Gasteiger partial charge in [-0.15, -0.1) is 0 Å². The number of nitrogen functional groups attached to an aromatic ring is 1. The molecule has 0 saturated carbocycles. The Morgan fingerprint density at radius 1 is 1.32 bits per heavy atom. The van der Waals surface area contributed by atoms with Crippen LogP contribution in [0, 0.1) is 5.92 Å². The number of benzene rings is 1. The minimum atomic E-state index is -4.49. The second kappa shape index (κ2) is 5.48. The quantitative estimate of drug-likeness (QED) is 0.740. The minimum Gasteiger partial charge on any atom is -0.397 e. The molecule has 0 aliphatic carbocycles. The van der Waals surface area contributed by atoms with Crippen LogP contribution in [-0.2, 0) is 11.0 Å². The van der Waals surface area contributed by atoms with Gasteiger partial charge in [0.2, 0.25) is 5.91 Å². The summed E-state index contributed by atoms with van der Waals surface area (Å²) in [5, 5.41) is 2.31. The Bertz CT molecular complexity index is 472. The van der Waals surface area contributed by atoms with Gasteiger partial charge in [0, 0.05) is 0 Å². The van der Waals surface area contributed by atoms with Gasteiger partial charge in [-0.25, -0.2) is 0 Å². The molecule has 5 N–H and O–H groups in total. The van der Waals surface area contributed by atoms with Gasteiger partial charge in [0.05, 0.1) is 23.0 Å². The molecule has 1 aromatic rings. The fourth-order valence-electron chi connectivity index (χ4n) is 1.36. The molecule has 0 aromatic heterocycles. The molecule has 1 atom stereocenters. The van der Waals surface area contributed by atoms with Gasteiger partial charge in [-0.2, -0.15) is 13.2 Å². The van der Waals surface area contributed by atoms with E-state index in [0.29, 0.717) is 0 Å². The molecule has 0 aliphatic heterocycles. The van der Waals surface area contributed by atoms with E-state index >= 15 is 0 Å². The molecule has 0 bridgehead atoms. The molecule has 106 valence electrons. The first-order valence-electron chi connectivity index (χ1n) is 5.66. The van der Waals surface area contributed by atoms with Crippen molar-refractivity contribution in [2.24, 2.45) is 11.7 Å². The van der Waals surface area contributed by atoms with Gasteiger partial charge in [-0.1, -0.05) is 13.8 Å².